The first-order valence-electron chi connectivity index (χ1n) is 9.08. The molecule has 3 heterocycles. The van der Waals surface area contributed by atoms with Crippen molar-refractivity contribution in [2.45, 2.75) is 34.2 Å². The van der Waals surface area contributed by atoms with E-state index in [1.165, 1.54) is 28.0 Å². The number of thiophene rings is 1. The number of rotatable bonds is 3. The number of halogens is 1. The molecule has 0 saturated heterocycles. The average Bonchev–Trinajstić information content (AvgIpc) is 3.00. The van der Waals surface area contributed by atoms with Crippen molar-refractivity contribution >= 4 is 43.4 Å². The van der Waals surface area contributed by atoms with Crippen molar-refractivity contribution in [3.8, 4) is 0 Å². The summed E-state index contributed by atoms with van der Waals surface area (Å²) in [5.41, 5.74) is 3.35. The summed E-state index contributed by atoms with van der Waals surface area (Å²) in [5.74, 6) is -0.421. The Labute approximate surface area is 170 Å². The van der Waals surface area contributed by atoms with Crippen molar-refractivity contribution in [1.29, 1.82) is 0 Å². The molecule has 6 nitrogen and oxygen atoms in total. The molecule has 0 atom stereocenters. The lowest BCUT2D eigenvalue weighted by atomic mass is 10.1. The quantitative estimate of drug-likeness (QED) is 0.553. The Hall–Kier alpha value is -3.13. The van der Waals surface area contributed by atoms with E-state index < -0.39 is 11.7 Å². The summed E-state index contributed by atoms with van der Waals surface area (Å²) in [5, 5.41) is 3.55. The van der Waals surface area contributed by atoms with Crippen LogP contribution in [0.3, 0.4) is 0 Å². The number of hydrogen-bond donors (Lipinski definition) is 1. The number of anilines is 1. The fourth-order valence-corrected chi connectivity index (χ4v) is 4.60. The third kappa shape index (κ3) is 3.40. The normalized spacial score (nSPS) is 11.3. The number of carbonyl (C=O) groups is 1. The lowest BCUT2D eigenvalue weighted by Gasteiger charge is -2.11. The van der Waals surface area contributed by atoms with Gasteiger partial charge in [-0.3, -0.25) is 14.2 Å². The van der Waals surface area contributed by atoms with E-state index in [0.29, 0.717) is 21.7 Å². The Balaban J connectivity index is 1.75. The Morgan fingerprint density at radius 2 is 1.90 bits per heavy atom. The van der Waals surface area contributed by atoms with E-state index >= 15 is 0 Å². The first kappa shape index (κ1) is 19.2. The first-order chi connectivity index (χ1) is 13.7. The number of fused-ring (bicyclic) bond motifs is 3. The van der Waals surface area contributed by atoms with Crippen LogP contribution in [0.1, 0.15) is 22.6 Å². The summed E-state index contributed by atoms with van der Waals surface area (Å²) < 4.78 is 15.3. The molecule has 0 aliphatic heterocycles. The highest BCUT2D eigenvalue weighted by Gasteiger charge is 2.18. The van der Waals surface area contributed by atoms with Crippen LogP contribution in [-0.2, 0) is 11.3 Å². The van der Waals surface area contributed by atoms with Crippen LogP contribution >= 0.6 is 11.3 Å². The largest absolute Gasteiger partial charge is 0.324 e. The molecule has 8 heteroatoms. The lowest BCUT2D eigenvalue weighted by molar-refractivity contribution is -0.116. The number of aryl methyl sites for hydroxylation is 4. The highest BCUT2D eigenvalue weighted by atomic mass is 32.1. The minimum Gasteiger partial charge on any atom is -0.324 e. The lowest BCUT2D eigenvalue weighted by Crippen LogP contribution is -2.30. The van der Waals surface area contributed by atoms with Crippen LogP contribution in [0.25, 0.3) is 20.4 Å². The second kappa shape index (κ2) is 7.04. The minimum absolute atomic E-state index is 0.205. The van der Waals surface area contributed by atoms with Crippen molar-refractivity contribution in [1.82, 2.24) is 14.5 Å². The molecule has 0 aliphatic rings. The third-order valence-electron chi connectivity index (χ3n) is 4.84. The summed E-state index contributed by atoms with van der Waals surface area (Å²) in [7, 11) is 0. The van der Waals surface area contributed by atoms with Crippen molar-refractivity contribution in [3.63, 3.8) is 0 Å². The molecule has 0 bridgehead atoms. The van der Waals surface area contributed by atoms with Gasteiger partial charge in [-0.15, -0.1) is 11.3 Å². The topological polar surface area (TPSA) is 76.9 Å². The van der Waals surface area contributed by atoms with Crippen LogP contribution in [0.4, 0.5) is 10.1 Å². The second-order valence-corrected chi connectivity index (χ2v) is 8.10. The van der Waals surface area contributed by atoms with Crippen LogP contribution in [0.15, 0.2) is 29.1 Å². The van der Waals surface area contributed by atoms with Gasteiger partial charge in [0.05, 0.1) is 5.52 Å². The van der Waals surface area contributed by atoms with E-state index in [0.717, 1.165) is 27.0 Å². The predicted molar refractivity (Wildman–Crippen MR) is 113 cm³/mol. The van der Waals surface area contributed by atoms with Crippen LogP contribution in [0.2, 0.25) is 0 Å². The number of nitrogens with zero attached hydrogens (tertiary/aromatic N) is 3. The fraction of sp³-hybridized carbons (Fsp3) is 0.238. The van der Waals surface area contributed by atoms with Gasteiger partial charge >= 0.3 is 0 Å². The van der Waals surface area contributed by atoms with Crippen molar-refractivity contribution in [3.05, 3.63) is 63.1 Å². The van der Waals surface area contributed by atoms with Gasteiger partial charge in [0, 0.05) is 16.8 Å². The highest BCUT2D eigenvalue weighted by Crippen LogP contribution is 2.32. The Morgan fingerprint density at radius 1 is 1.14 bits per heavy atom. The summed E-state index contributed by atoms with van der Waals surface area (Å²) in [6, 6.07) is 6.14. The van der Waals surface area contributed by atoms with E-state index in [2.05, 4.69) is 15.3 Å². The van der Waals surface area contributed by atoms with Gasteiger partial charge in [0.15, 0.2) is 0 Å². The van der Waals surface area contributed by atoms with Gasteiger partial charge in [-0.1, -0.05) is 6.07 Å². The molecule has 29 heavy (non-hydrogen) atoms. The first-order valence-corrected chi connectivity index (χ1v) is 9.90. The number of benzene rings is 1. The highest BCUT2D eigenvalue weighted by molar-refractivity contribution is 7.25. The number of nitrogens with one attached hydrogen (secondary N) is 1. The zero-order chi connectivity index (χ0) is 20.9. The summed E-state index contributed by atoms with van der Waals surface area (Å²) >= 11 is 1.29. The van der Waals surface area contributed by atoms with Gasteiger partial charge in [0.1, 0.15) is 27.7 Å². The number of hydrogen-bond acceptors (Lipinski definition) is 5. The second-order valence-electron chi connectivity index (χ2n) is 7.10. The summed E-state index contributed by atoms with van der Waals surface area (Å²) in [6.07, 6.45) is 0. The Morgan fingerprint density at radius 3 is 2.66 bits per heavy atom. The molecule has 0 fully saturated rings. The van der Waals surface area contributed by atoms with Crippen LogP contribution in [0, 0.1) is 33.5 Å². The smallest absolute Gasteiger partial charge is 0.272 e. The van der Waals surface area contributed by atoms with Crippen molar-refractivity contribution in [2.75, 3.05) is 5.32 Å². The zero-order valence-corrected chi connectivity index (χ0v) is 17.3. The van der Waals surface area contributed by atoms with Crippen LogP contribution in [-0.4, -0.2) is 20.4 Å². The summed E-state index contributed by atoms with van der Waals surface area (Å²) in [4.78, 5) is 35.5. The van der Waals surface area contributed by atoms with Gasteiger partial charge in [-0.25, -0.2) is 14.4 Å². The predicted octanol–water partition coefficient (Wildman–Crippen LogP) is 4.02. The monoisotopic (exact) mass is 410 g/mol. The fourth-order valence-electron chi connectivity index (χ4n) is 3.41. The molecule has 1 amide bonds. The van der Waals surface area contributed by atoms with E-state index in [4.69, 9.17) is 0 Å². The molecule has 3 aromatic heterocycles. The third-order valence-corrected chi connectivity index (χ3v) is 5.90. The van der Waals surface area contributed by atoms with E-state index in [-0.39, 0.29) is 12.1 Å². The number of carbonyl (C=O) groups excluding carboxylic acids is 1. The van der Waals surface area contributed by atoms with Crippen LogP contribution < -0.4 is 10.9 Å². The molecule has 0 saturated carbocycles. The van der Waals surface area contributed by atoms with Gasteiger partial charge in [-0.05, 0) is 57.0 Å². The number of amides is 1. The molecule has 1 aromatic carbocycles. The molecule has 0 radical (unpaired) electrons. The standard InChI is InChI=1S/C21H19FN4O2S/c1-10-5-6-14(22)8-15(10)25-16(27)9-26-13(4)24-18-17-11(2)7-12(3)23-20(17)29-19(18)21(26)28/h5-8H,9H2,1-4H3,(H,25,27). The minimum atomic E-state index is -0.439. The maximum absolute atomic E-state index is 13.5. The van der Waals surface area contributed by atoms with Gasteiger partial charge in [-0.2, -0.15) is 0 Å². The average molecular weight is 410 g/mol. The van der Waals surface area contributed by atoms with Gasteiger partial charge in [0.25, 0.3) is 5.56 Å². The Bertz CT molecular complexity index is 1360. The van der Waals surface area contributed by atoms with E-state index in [1.807, 2.05) is 19.9 Å². The van der Waals surface area contributed by atoms with Crippen LogP contribution in [0.5, 0.6) is 0 Å². The maximum atomic E-state index is 13.5. The van der Waals surface area contributed by atoms with Crippen molar-refractivity contribution < 1.29 is 9.18 Å². The molecule has 4 aromatic rings. The van der Waals surface area contributed by atoms with Gasteiger partial charge < -0.3 is 5.32 Å². The van der Waals surface area contributed by atoms with E-state index in [1.54, 1.807) is 19.9 Å². The molecular weight excluding hydrogens is 391 g/mol. The maximum Gasteiger partial charge on any atom is 0.272 e. The van der Waals surface area contributed by atoms with E-state index in [9.17, 15) is 14.0 Å². The molecule has 0 unspecified atom stereocenters. The Kier molecular flexibility index (Phi) is 4.66. The van der Waals surface area contributed by atoms with Gasteiger partial charge in [0.2, 0.25) is 5.91 Å². The number of pyridine rings is 1. The number of aromatic nitrogens is 3. The SMILES string of the molecule is Cc1cc(C)c2c(n1)sc1c(=O)n(CC(=O)Nc3cc(F)ccc3C)c(C)nc12. The molecular formula is C21H19FN4O2S. The molecule has 0 aliphatic carbocycles. The van der Waals surface area contributed by atoms with Crippen molar-refractivity contribution in [2.24, 2.45) is 0 Å². The molecule has 4 rings (SSSR count). The zero-order valence-electron chi connectivity index (χ0n) is 16.5. The molecule has 1 N–H and O–H groups in total. The molecule has 148 valence electrons. The summed E-state index contributed by atoms with van der Waals surface area (Å²) in [6.45, 7) is 7.15. The molecule has 0 spiro atoms.